The number of benzene rings is 1. The van der Waals surface area contributed by atoms with Crippen LogP contribution in [0.2, 0.25) is 10.2 Å². The van der Waals surface area contributed by atoms with E-state index in [4.69, 9.17) is 23.2 Å². The molecular formula is C11H6Cl2FIN2O. The zero-order valence-electron chi connectivity index (χ0n) is 8.83. The van der Waals surface area contributed by atoms with E-state index in [0.29, 0.717) is 14.2 Å². The quantitative estimate of drug-likeness (QED) is 0.574. The highest BCUT2D eigenvalue weighted by atomic mass is 127. The zero-order chi connectivity index (χ0) is 13.3. The maximum atomic E-state index is 13.6. The van der Waals surface area contributed by atoms with Crippen LogP contribution < -0.4 is 5.56 Å². The number of hydrogen-bond acceptors (Lipinski definition) is 2. The van der Waals surface area contributed by atoms with Crippen LogP contribution in [-0.2, 0) is 6.54 Å². The van der Waals surface area contributed by atoms with Gasteiger partial charge in [-0.25, -0.2) is 9.37 Å². The molecule has 0 saturated heterocycles. The van der Waals surface area contributed by atoms with Gasteiger partial charge in [0.15, 0.2) is 0 Å². The molecule has 1 heterocycles. The average molecular weight is 399 g/mol. The molecule has 0 radical (unpaired) electrons. The van der Waals surface area contributed by atoms with Gasteiger partial charge in [-0.3, -0.25) is 9.36 Å². The second kappa shape index (κ2) is 5.54. The van der Waals surface area contributed by atoms with Crippen LogP contribution in [0.25, 0.3) is 0 Å². The van der Waals surface area contributed by atoms with Crippen molar-refractivity contribution < 1.29 is 4.39 Å². The smallest absolute Gasteiger partial charge is 0.268 e. The summed E-state index contributed by atoms with van der Waals surface area (Å²) < 4.78 is 15.2. The third kappa shape index (κ3) is 2.84. The molecule has 18 heavy (non-hydrogen) atoms. The molecular weight excluding hydrogens is 393 g/mol. The van der Waals surface area contributed by atoms with Crippen molar-refractivity contribution in [1.29, 1.82) is 0 Å². The summed E-state index contributed by atoms with van der Waals surface area (Å²) in [6, 6.07) is 4.31. The minimum atomic E-state index is -0.459. The lowest BCUT2D eigenvalue weighted by Crippen LogP contribution is -2.24. The van der Waals surface area contributed by atoms with Crippen molar-refractivity contribution in [2.24, 2.45) is 0 Å². The zero-order valence-corrected chi connectivity index (χ0v) is 12.5. The predicted octanol–water partition coefficient (Wildman–Crippen LogP) is 3.34. The molecule has 3 nitrogen and oxygen atoms in total. The highest BCUT2D eigenvalue weighted by Gasteiger charge is 2.09. The first kappa shape index (κ1) is 13.8. The van der Waals surface area contributed by atoms with E-state index >= 15 is 0 Å². The predicted molar refractivity (Wildman–Crippen MR) is 76.7 cm³/mol. The van der Waals surface area contributed by atoms with Crippen molar-refractivity contribution in [2.45, 2.75) is 6.54 Å². The SMILES string of the molecule is O=c1c(I)c(Cl)ncn1Cc1ccc(Cl)cc1F. The normalized spacial score (nSPS) is 10.7. The van der Waals surface area contributed by atoms with Crippen LogP contribution in [0.1, 0.15) is 5.56 Å². The van der Waals surface area contributed by atoms with Gasteiger partial charge >= 0.3 is 0 Å². The van der Waals surface area contributed by atoms with Gasteiger partial charge in [0.2, 0.25) is 0 Å². The summed E-state index contributed by atoms with van der Waals surface area (Å²) in [5.74, 6) is -0.459. The molecule has 0 amide bonds. The summed E-state index contributed by atoms with van der Waals surface area (Å²) in [5, 5.41) is 0.459. The number of rotatable bonds is 2. The van der Waals surface area contributed by atoms with Gasteiger partial charge in [0.1, 0.15) is 14.5 Å². The standard InChI is InChI=1S/C11H6Cl2FIN2O/c12-7-2-1-6(8(14)3-7)4-17-5-16-10(13)9(15)11(17)18/h1-3,5H,4H2. The summed E-state index contributed by atoms with van der Waals surface area (Å²) in [4.78, 5) is 15.7. The van der Waals surface area contributed by atoms with Gasteiger partial charge in [-0.2, -0.15) is 0 Å². The van der Waals surface area contributed by atoms with E-state index < -0.39 is 5.82 Å². The molecule has 0 saturated carbocycles. The second-order valence-electron chi connectivity index (χ2n) is 3.52. The molecule has 0 atom stereocenters. The maximum absolute atomic E-state index is 13.6. The molecule has 94 valence electrons. The minimum Gasteiger partial charge on any atom is -0.294 e. The van der Waals surface area contributed by atoms with Crippen LogP contribution in [0.3, 0.4) is 0 Å². The van der Waals surface area contributed by atoms with E-state index in [0.717, 1.165) is 0 Å². The molecule has 0 N–H and O–H groups in total. The van der Waals surface area contributed by atoms with Gasteiger partial charge in [0.25, 0.3) is 5.56 Å². The molecule has 1 aromatic carbocycles. The molecule has 0 aliphatic heterocycles. The second-order valence-corrected chi connectivity index (χ2v) is 5.39. The lowest BCUT2D eigenvalue weighted by Gasteiger charge is -2.07. The largest absolute Gasteiger partial charge is 0.294 e. The highest BCUT2D eigenvalue weighted by molar-refractivity contribution is 14.1. The lowest BCUT2D eigenvalue weighted by molar-refractivity contribution is 0.593. The fourth-order valence-electron chi connectivity index (χ4n) is 1.39. The number of hydrogen-bond donors (Lipinski definition) is 0. The van der Waals surface area contributed by atoms with E-state index in [-0.39, 0.29) is 17.3 Å². The van der Waals surface area contributed by atoms with Crippen LogP contribution in [-0.4, -0.2) is 9.55 Å². The van der Waals surface area contributed by atoms with E-state index in [1.54, 1.807) is 6.07 Å². The molecule has 0 bridgehead atoms. The van der Waals surface area contributed by atoms with E-state index in [2.05, 4.69) is 4.98 Å². The topological polar surface area (TPSA) is 34.9 Å². The molecule has 0 aliphatic rings. The Hall–Kier alpha value is -0.660. The lowest BCUT2D eigenvalue weighted by atomic mass is 10.2. The van der Waals surface area contributed by atoms with Gasteiger partial charge in [-0.05, 0) is 34.7 Å². The van der Waals surface area contributed by atoms with Crippen molar-refractivity contribution in [2.75, 3.05) is 0 Å². The van der Waals surface area contributed by atoms with Gasteiger partial charge in [0.05, 0.1) is 12.9 Å². The summed E-state index contributed by atoms with van der Waals surface area (Å²) in [7, 11) is 0. The summed E-state index contributed by atoms with van der Waals surface area (Å²) >= 11 is 13.2. The van der Waals surface area contributed by atoms with Crippen LogP contribution >= 0.6 is 45.8 Å². The number of nitrogens with zero attached hydrogens (tertiary/aromatic N) is 2. The first-order valence-electron chi connectivity index (χ1n) is 4.83. The van der Waals surface area contributed by atoms with Gasteiger partial charge < -0.3 is 0 Å². The molecule has 2 rings (SSSR count). The molecule has 2 aromatic rings. The monoisotopic (exact) mass is 398 g/mol. The van der Waals surface area contributed by atoms with Crippen molar-refractivity contribution >= 4 is 45.8 Å². The van der Waals surface area contributed by atoms with Gasteiger partial charge in [-0.15, -0.1) is 0 Å². The Balaban J connectivity index is 2.41. The minimum absolute atomic E-state index is 0.0853. The Kier molecular flexibility index (Phi) is 4.24. The van der Waals surface area contributed by atoms with Crippen LogP contribution in [0.4, 0.5) is 4.39 Å². The Morgan fingerprint density at radius 3 is 2.78 bits per heavy atom. The number of halogens is 4. The summed E-state index contributed by atoms with van der Waals surface area (Å²) in [6.07, 6.45) is 1.29. The maximum Gasteiger partial charge on any atom is 0.268 e. The third-order valence-corrected chi connectivity index (χ3v) is 4.11. The van der Waals surface area contributed by atoms with Crippen molar-refractivity contribution in [1.82, 2.24) is 9.55 Å². The fourth-order valence-corrected chi connectivity index (χ4v) is 2.12. The van der Waals surface area contributed by atoms with E-state index in [1.807, 2.05) is 22.6 Å². The van der Waals surface area contributed by atoms with Crippen molar-refractivity contribution in [3.8, 4) is 0 Å². The first-order valence-corrected chi connectivity index (χ1v) is 6.67. The Bertz CT molecular complexity index is 660. The van der Waals surface area contributed by atoms with Crippen molar-refractivity contribution in [3.63, 3.8) is 0 Å². The van der Waals surface area contributed by atoms with Crippen LogP contribution in [0.15, 0.2) is 29.3 Å². The molecule has 0 unspecified atom stereocenters. The molecule has 1 aromatic heterocycles. The van der Waals surface area contributed by atoms with Crippen LogP contribution in [0, 0.1) is 9.39 Å². The summed E-state index contributed by atoms with van der Waals surface area (Å²) in [5.41, 5.74) is 0.0615. The summed E-state index contributed by atoms with van der Waals surface area (Å²) in [6.45, 7) is 0.0853. The molecule has 0 aliphatic carbocycles. The first-order chi connectivity index (χ1) is 8.49. The molecule has 0 fully saturated rings. The Morgan fingerprint density at radius 2 is 2.11 bits per heavy atom. The van der Waals surface area contributed by atoms with E-state index in [1.165, 1.54) is 23.0 Å². The van der Waals surface area contributed by atoms with Gasteiger partial charge in [-0.1, -0.05) is 29.3 Å². The Labute approximate surface area is 126 Å². The van der Waals surface area contributed by atoms with Crippen LogP contribution in [0.5, 0.6) is 0 Å². The van der Waals surface area contributed by atoms with Gasteiger partial charge in [0, 0.05) is 10.6 Å². The molecule has 0 spiro atoms. The average Bonchev–Trinajstić information content (AvgIpc) is 2.33. The fraction of sp³-hybridized carbons (Fsp3) is 0.0909. The third-order valence-electron chi connectivity index (χ3n) is 2.30. The Morgan fingerprint density at radius 1 is 1.39 bits per heavy atom. The number of aromatic nitrogens is 2. The highest BCUT2D eigenvalue weighted by Crippen LogP contribution is 2.16. The molecule has 7 heteroatoms. The van der Waals surface area contributed by atoms with Crippen molar-refractivity contribution in [3.05, 3.63) is 60.0 Å². The van der Waals surface area contributed by atoms with E-state index in [9.17, 15) is 9.18 Å².